The lowest BCUT2D eigenvalue weighted by Gasteiger charge is -2.09. The minimum Gasteiger partial charge on any atom is -0.464 e. The maximum atomic E-state index is 12.6. The molecule has 4 aromatic rings. The summed E-state index contributed by atoms with van der Waals surface area (Å²) in [5.41, 5.74) is 4.16. The highest BCUT2D eigenvalue weighted by atomic mass is 16.3. The first-order valence-corrected chi connectivity index (χ1v) is 8.65. The molecule has 132 valence electrons. The molecule has 4 nitrogen and oxygen atoms in total. The molecule has 3 aromatic carbocycles. The molecule has 4 rings (SSSR count). The summed E-state index contributed by atoms with van der Waals surface area (Å²) < 4.78 is 5.40. The molecule has 2 N–H and O–H groups in total. The van der Waals surface area contributed by atoms with Gasteiger partial charge in [0.05, 0.1) is 6.26 Å². The summed E-state index contributed by atoms with van der Waals surface area (Å²) in [6, 6.07) is 28.6. The molecule has 0 atom stereocenters. The first-order chi connectivity index (χ1) is 13.3. The molecular formula is C23H18N2O2. The van der Waals surface area contributed by atoms with E-state index in [2.05, 4.69) is 10.6 Å². The number of anilines is 3. The zero-order valence-corrected chi connectivity index (χ0v) is 14.6. The second-order valence-electron chi connectivity index (χ2n) is 6.08. The van der Waals surface area contributed by atoms with Gasteiger partial charge in [0.1, 0.15) is 5.76 Å². The summed E-state index contributed by atoms with van der Waals surface area (Å²) >= 11 is 0. The summed E-state index contributed by atoms with van der Waals surface area (Å²) in [6.07, 6.45) is 1.62. The van der Waals surface area contributed by atoms with Crippen LogP contribution in [-0.4, -0.2) is 5.91 Å². The van der Waals surface area contributed by atoms with Gasteiger partial charge in [-0.2, -0.15) is 0 Å². The Morgan fingerprint density at radius 1 is 0.704 bits per heavy atom. The number of hydrogen-bond acceptors (Lipinski definition) is 3. The number of nitrogens with one attached hydrogen (secondary N) is 2. The van der Waals surface area contributed by atoms with Crippen LogP contribution >= 0.6 is 0 Å². The van der Waals surface area contributed by atoms with Gasteiger partial charge in [-0.1, -0.05) is 30.3 Å². The smallest absolute Gasteiger partial charge is 0.255 e. The van der Waals surface area contributed by atoms with Crippen LogP contribution in [0.25, 0.3) is 11.3 Å². The van der Waals surface area contributed by atoms with Crippen LogP contribution in [0.15, 0.2) is 102 Å². The molecule has 0 saturated carbocycles. The van der Waals surface area contributed by atoms with Crippen molar-refractivity contribution >= 4 is 23.0 Å². The highest BCUT2D eigenvalue weighted by molar-refractivity contribution is 6.05. The number of rotatable bonds is 5. The maximum absolute atomic E-state index is 12.6. The van der Waals surface area contributed by atoms with Crippen LogP contribution in [0, 0.1) is 0 Å². The Balaban J connectivity index is 1.44. The summed E-state index contributed by atoms with van der Waals surface area (Å²) in [5.74, 6) is 0.577. The zero-order valence-electron chi connectivity index (χ0n) is 14.6. The van der Waals surface area contributed by atoms with E-state index in [0.29, 0.717) is 5.56 Å². The summed E-state index contributed by atoms with van der Waals surface area (Å²) in [7, 11) is 0. The van der Waals surface area contributed by atoms with E-state index in [1.54, 1.807) is 12.3 Å². The van der Waals surface area contributed by atoms with Gasteiger partial charge in [-0.25, -0.2) is 0 Å². The summed E-state index contributed by atoms with van der Waals surface area (Å²) in [6.45, 7) is 0. The molecule has 0 unspecified atom stereocenters. The van der Waals surface area contributed by atoms with Crippen LogP contribution < -0.4 is 10.6 Å². The molecule has 0 bridgehead atoms. The summed E-state index contributed by atoms with van der Waals surface area (Å²) in [4.78, 5) is 12.6. The Bertz CT molecular complexity index is 1020. The van der Waals surface area contributed by atoms with Crippen molar-refractivity contribution in [3.63, 3.8) is 0 Å². The van der Waals surface area contributed by atoms with E-state index in [0.717, 1.165) is 28.4 Å². The van der Waals surface area contributed by atoms with Gasteiger partial charge in [-0.3, -0.25) is 4.79 Å². The minimum atomic E-state index is -0.160. The lowest BCUT2D eigenvalue weighted by atomic mass is 10.1. The predicted molar refractivity (Wildman–Crippen MR) is 108 cm³/mol. The number of carbonyl (C=O) groups excluding carboxylic acids is 1. The van der Waals surface area contributed by atoms with Gasteiger partial charge < -0.3 is 15.1 Å². The summed E-state index contributed by atoms with van der Waals surface area (Å²) in [5, 5.41) is 6.24. The quantitative estimate of drug-likeness (QED) is 0.466. The Kier molecular flexibility index (Phi) is 4.70. The highest BCUT2D eigenvalue weighted by Crippen LogP contribution is 2.22. The van der Waals surface area contributed by atoms with Gasteiger partial charge >= 0.3 is 0 Å². The van der Waals surface area contributed by atoms with Gasteiger partial charge in [0, 0.05) is 28.2 Å². The van der Waals surface area contributed by atoms with Crippen molar-refractivity contribution in [3.05, 3.63) is 103 Å². The standard InChI is InChI=1S/C23H18N2O2/c26-23(18-7-4-6-17(16-18)22-10-5-15-27-22)25-21-13-11-20(12-14-21)24-19-8-2-1-3-9-19/h1-16,24H,(H,25,26). The minimum absolute atomic E-state index is 0.160. The molecule has 1 amide bonds. The Labute approximate surface area is 157 Å². The number of hydrogen-bond donors (Lipinski definition) is 2. The maximum Gasteiger partial charge on any atom is 0.255 e. The first-order valence-electron chi connectivity index (χ1n) is 8.65. The molecule has 0 fully saturated rings. The number of amides is 1. The molecule has 0 spiro atoms. The van der Waals surface area contributed by atoms with E-state index in [1.165, 1.54) is 0 Å². The SMILES string of the molecule is O=C(Nc1ccc(Nc2ccccc2)cc1)c1cccc(-c2ccco2)c1. The number of carbonyl (C=O) groups is 1. The second-order valence-corrected chi connectivity index (χ2v) is 6.08. The molecule has 0 aliphatic rings. The van der Waals surface area contributed by atoms with Crippen molar-refractivity contribution in [1.82, 2.24) is 0 Å². The highest BCUT2D eigenvalue weighted by Gasteiger charge is 2.09. The molecular weight excluding hydrogens is 336 g/mol. The lowest BCUT2D eigenvalue weighted by molar-refractivity contribution is 0.102. The average Bonchev–Trinajstić information content (AvgIpc) is 3.25. The molecule has 0 aliphatic heterocycles. The Hall–Kier alpha value is -3.79. The van der Waals surface area contributed by atoms with E-state index in [9.17, 15) is 4.79 Å². The fourth-order valence-corrected chi connectivity index (χ4v) is 2.78. The van der Waals surface area contributed by atoms with E-state index in [4.69, 9.17) is 4.42 Å². The number of para-hydroxylation sites is 1. The van der Waals surface area contributed by atoms with Crippen LogP contribution in [0.2, 0.25) is 0 Å². The van der Waals surface area contributed by atoms with E-state index >= 15 is 0 Å². The van der Waals surface area contributed by atoms with Crippen molar-refractivity contribution in [2.45, 2.75) is 0 Å². The van der Waals surface area contributed by atoms with Crippen LogP contribution in [0.1, 0.15) is 10.4 Å². The molecule has 1 aromatic heterocycles. The average molecular weight is 354 g/mol. The first kappa shape index (κ1) is 16.7. The van der Waals surface area contributed by atoms with Crippen LogP contribution in [-0.2, 0) is 0 Å². The van der Waals surface area contributed by atoms with Crippen molar-refractivity contribution in [3.8, 4) is 11.3 Å². The van der Waals surface area contributed by atoms with Gasteiger partial charge in [-0.15, -0.1) is 0 Å². The van der Waals surface area contributed by atoms with Crippen LogP contribution in [0.4, 0.5) is 17.1 Å². The number of furan rings is 1. The van der Waals surface area contributed by atoms with Gasteiger partial charge in [0.2, 0.25) is 0 Å². The predicted octanol–water partition coefficient (Wildman–Crippen LogP) is 5.94. The number of benzene rings is 3. The van der Waals surface area contributed by atoms with Crippen molar-refractivity contribution in [1.29, 1.82) is 0 Å². The third-order valence-corrected chi connectivity index (χ3v) is 4.14. The van der Waals surface area contributed by atoms with Gasteiger partial charge in [0.25, 0.3) is 5.91 Å². The lowest BCUT2D eigenvalue weighted by Crippen LogP contribution is -2.11. The third-order valence-electron chi connectivity index (χ3n) is 4.14. The molecule has 0 aliphatic carbocycles. The monoisotopic (exact) mass is 354 g/mol. The second kappa shape index (κ2) is 7.62. The Morgan fingerprint density at radius 2 is 1.44 bits per heavy atom. The molecule has 27 heavy (non-hydrogen) atoms. The van der Waals surface area contributed by atoms with Crippen molar-refractivity contribution < 1.29 is 9.21 Å². The van der Waals surface area contributed by atoms with E-state index < -0.39 is 0 Å². The fourth-order valence-electron chi connectivity index (χ4n) is 2.78. The van der Waals surface area contributed by atoms with Gasteiger partial charge in [-0.05, 0) is 60.7 Å². The normalized spacial score (nSPS) is 10.4. The Morgan fingerprint density at radius 3 is 2.19 bits per heavy atom. The van der Waals surface area contributed by atoms with E-state index in [1.807, 2.05) is 84.9 Å². The largest absolute Gasteiger partial charge is 0.464 e. The van der Waals surface area contributed by atoms with Crippen LogP contribution in [0.5, 0.6) is 0 Å². The molecule has 1 heterocycles. The van der Waals surface area contributed by atoms with Gasteiger partial charge in [0.15, 0.2) is 0 Å². The van der Waals surface area contributed by atoms with Crippen molar-refractivity contribution in [2.75, 3.05) is 10.6 Å². The topological polar surface area (TPSA) is 54.3 Å². The van der Waals surface area contributed by atoms with E-state index in [-0.39, 0.29) is 5.91 Å². The van der Waals surface area contributed by atoms with Crippen molar-refractivity contribution in [2.24, 2.45) is 0 Å². The zero-order chi connectivity index (χ0) is 18.5. The molecule has 0 radical (unpaired) electrons. The molecule has 0 saturated heterocycles. The third kappa shape index (κ3) is 4.07. The van der Waals surface area contributed by atoms with Crippen LogP contribution in [0.3, 0.4) is 0 Å². The molecule has 4 heteroatoms. The fraction of sp³-hybridized carbons (Fsp3) is 0.